The molecule has 0 aliphatic carbocycles. The van der Waals surface area contributed by atoms with E-state index in [1.54, 1.807) is 29.2 Å². The number of amides is 1. The van der Waals surface area contributed by atoms with Gasteiger partial charge in [0.2, 0.25) is 5.91 Å². The largest absolute Gasteiger partial charge is 0.478 e. The molecule has 1 aromatic rings. The summed E-state index contributed by atoms with van der Waals surface area (Å²) in [7, 11) is 0. The fourth-order valence-electron chi connectivity index (χ4n) is 2.16. The van der Waals surface area contributed by atoms with E-state index in [2.05, 4.69) is 4.90 Å². The number of hydrogen-bond donors (Lipinski definition) is 2. The van der Waals surface area contributed by atoms with Gasteiger partial charge in [0.15, 0.2) is 0 Å². The lowest BCUT2D eigenvalue weighted by molar-refractivity contribution is -0.129. The molecule has 0 radical (unpaired) electrons. The summed E-state index contributed by atoms with van der Waals surface area (Å²) >= 11 is 0. The molecule has 2 rings (SSSR count). The van der Waals surface area contributed by atoms with E-state index in [9.17, 15) is 9.59 Å². The van der Waals surface area contributed by atoms with Crippen LogP contribution in [-0.4, -0.2) is 54.6 Å². The second-order valence-electron chi connectivity index (χ2n) is 4.42. The van der Waals surface area contributed by atoms with E-state index in [1.807, 2.05) is 0 Å². The first-order chi connectivity index (χ1) is 9.11. The molecule has 102 valence electrons. The number of rotatable bonds is 3. The predicted molar refractivity (Wildman–Crippen MR) is 71.2 cm³/mol. The molecular weight excluding hydrogens is 246 g/mol. The Hall–Kier alpha value is -2.08. The number of piperazine rings is 1. The Bertz CT molecular complexity index is 465. The first kappa shape index (κ1) is 13.4. The first-order valence-electron chi connectivity index (χ1n) is 6.18. The van der Waals surface area contributed by atoms with E-state index in [4.69, 9.17) is 10.8 Å². The standard InChI is InChI=1S/C13H17N3O3/c14-9-12(17)16-7-5-15(6-8-16)11-3-1-10(2-4-11)13(18)19/h1-4H,5-9,14H2,(H,18,19). The van der Waals surface area contributed by atoms with Crippen LogP contribution < -0.4 is 10.6 Å². The van der Waals surface area contributed by atoms with Crippen molar-refractivity contribution in [2.75, 3.05) is 37.6 Å². The van der Waals surface area contributed by atoms with Crippen LogP contribution in [0.3, 0.4) is 0 Å². The molecular formula is C13H17N3O3. The Morgan fingerprint density at radius 1 is 1.11 bits per heavy atom. The van der Waals surface area contributed by atoms with Crippen molar-refractivity contribution >= 4 is 17.6 Å². The Kier molecular flexibility index (Phi) is 4.01. The molecule has 1 aliphatic heterocycles. The third-order valence-electron chi connectivity index (χ3n) is 3.29. The minimum atomic E-state index is -0.926. The Morgan fingerprint density at radius 2 is 1.68 bits per heavy atom. The fraction of sp³-hybridized carbons (Fsp3) is 0.385. The number of carboxylic acids is 1. The van der Waals surface area contributed by atoms with Crippen LogP contribution in [0.15, 0.2) is 24.3 Å². The summed E-state index contributed by atoms with van der Waals surface area (Å²) in [4.78, 5) is 26.1. The summed E-state index contributed by atoms with van der Waals surface area (Å²) in [5.41, 5.74) is 6.59. The molecule has 1 fully saturated rings. The van der Waals surface area contributed by atoms with Gasteiger partial charge in [-0.05, 0) is 24.3 Å². The highest BCUT2D eigenvalue weighted by molar-refractivity contribution is 5.88. The van der Waals surface area contributed by atoms with E-state index in [0.717, 1.165) is 18.8 Å². The second-order valence-corrected chi connectivity index (χ2v) is 4.42. The number of hydrogen-bond acceptors (Lipinski definition) is 4. The zero-order chi connectivity index (χ0) is 13.8. The number of nitrogens with zero attached hydrogens (tertiary/aromatic N) is 2. The molecule has 1 heterocycles. The normalized spacial score (nSPS) is 15.4. The molecule has 0 bridgehead atoms. The highest BCUT2D eigenvalue weighted by atomic mass is 16.4. The maximum atomic E-state index is 11.4. The van der Waals surface area contributed by atoms with Gasteiger partial charge < -0.3 is 20.6 Å². The van der Waals surface area contributed by atoms with Crippen molar-refractivity contribution in [3.63, 3.8) is 0 Å². The fourth-order valence-corrected chi connectivity index (χ4v) is 2.16. The monoisotopic (exact) mass is 263 g/mol. The average Bonchev–Trinajstić information content (AvgIpc) is 2.46. The van der Waals surface area contributed by atoms with Crippen LogP contribution in [0.5, 0.6) is 0 Å². The van der Waals surface area contributed by atoms with Gasteiger partial charge in [-0.1, -0.05) is 0 Å². The van der Waals surface area contributed by atoms with E-state index < -0.39 is 5.97 Å². The lowest BCUT2D eigenvalue weighted by Crippen LogP contribution is -2.50. The predicted octanol–water partition coefficient (Wildman–Crippen LogP) is -0.00790. The zero-order valence-electron chi connectivity index (χ0n) is 10.6. The van der Waals surface area contributed by atoms with Gasteiger partial charge in [0.25, 0.3) is 0 Å². The van der Waals surface area contributed by atoms with E-state index in [0.29, 0.717) is 13.1 Å². The molecule has 3 N–H and O–H groups in total. The Morgan fingerprint density at radius 3 is 2.16 bits per heavy atom. The van der Waals surface area contributed by atoms with Crippen molar-refractivity contribution < 1.29 is 14.7 Å². The van der Waals surface area contributed by atoms with Gasteiger partial charge in [0, 0.05) is 31.9 Å². The molecule has 0 atom stereocenters. The number of carboxylic acid groups (broad SMARTS) is 1. The molecule has 0 saturated carbocycles. The van der Waals surface area contributed by atoms with Crippen LogP contribution in [0.2, 0.25) is 0 Å². The molecule has 0 unspecified atom stereocenters. The highest BCUT2D eigenvalue weighted by Crippen LogP contribution is 2.17. The number of carbonyl (C=O) groups excluding carboxylic acids is 1. The van der Waals surface area contributed by atoms with Gasteiger partial charge in [-0.25, -0.2) is 4.79 Å². The maximum absolute atomic E-state index is 11.4. The first-order valence-corrected chi connectivity index (χ1v) is 6.18. The lowest BCUT2D eigenvalue weighted by atomic mass is 10.2. The van der Waals surface area contributed by atoms with Crippen LogP contribution in [-0.2, 0) is 4.79 Å². The van der Waals surface area contributed by atoms with Crippen LogP contribution >= 0.6 is 0 Å². The molecule has 0 aromatic heterocycles. The van der Waals surface area contributed by atoms with Gasteiger partial charge in [-0.3, -0.25) is 4.79 Å². The van der Waals surface area contributed by atoms with E-state index >= 15 is 0 Å². The third-order valence-corrected chi connectivity index (χ3v) is 3.29. The molecule has 1 saturated heterocycles. The molecule has 1 aliphatic rings. The molecule has 6 heteroatoms. The summed E-state index contributed by atoms with van der Waals surface area (Å²) in [5, 5.41) is 8.84. The summed E-state index contributed by atoms with van der Waals surface area (Å²) < 4.78 is 0. The summed E-state index contributed by atoms with van der Waals surface area (Å²) in [5.74, 6) is -0.953. The van der Waals surface area contributed by atoms with E-state index in [1.165, 1.54) is 0 Å². The average molecular weight is 263 g/mol. The number of aromatic carboxylic acids is 1. The highest BCUT2D eigenvalue weighted by Gasteiger charge is 2.20. The van der Waals surface area contributed by atoms with E-state index in [-0.39, 0.29) is 18.0 Å². The molecule has 19 heavy (non-hydrogen) atoms. The number of nitrogens with two attached hydrogens (primary N) is 1. The van der Waals surface area contributed by atoms with Gasteiger partial charge in [-0.2, -0.15) is 0 Å². The minimum absolute atomic E-state index is 0.0270. The maximum Gasteiger partial charge on any atom is 0.335 e. The van der Waals surface area contributed by atoms with Gasteiger partial charge in [-0.15, -0.1) is 0 Å². The minimum Gasteiger partial charge on any atom is -0.478 e. The van der Waals surface area contributed by atoms with Gasteiger partial charge in [0.1, 0.15) is 0 Å². The summed E-state index contributed by atoms with van der Waals surface area (Å²) in [6, 6.07) is 6.78. The van der Waals surface area contributed by atoms with Crippen molar-refractivity contribution in [2.24, 2.45) is 5.73 Å². The summed E-state index contributed by atoms with van der Waals surface area (Å²) in [6.07, 6.45) is 0. The van der Waals surface area contributed by atoms with Gasteiger partial charge >= 0.3 is 5.97 Å². The third kappa shape index (κ3) is 3.03. The molecule has 6 nitrogen and oxygen atoms in total. The second kappa shape index (κ2) is 5.71. The molecule has 1 amide bonds. The molecule has 1 aromatic carbocycles. The quantitative estimate of drug-likeness (QED) is 0.801. The van der Waals surface area contributed by atoms with Crippen molar-refractivity contribution in [2.45, 2.75) is 0 Å². The molecule has 0 spiro atoms. The number of anilines is 1. The Balaban J connectivity index is 1.97. The lowest BCUT2D eigenvalue weighted by Gasteiger charge is -2.36. The van der Waals surface area contributed by atoms with Crippen molar-refractivity contribution in [3.8, 4) is 0 Å². The Labute approximate surface area is 111 Å². The topological polar surface area (TPSA) is 86.9 Å². The van der Waals surface area contributed by atoms with Crippen LogP contribution in [0.25, 0.3) is 0 Å². The van der Waals surface area contributed by atoms with Gasteiger partial charge in [0.05, 0.1) is 12.1 Å². The summed E-state index contributed by atoms with van der Waals surface area (Å²) in [6.45, 7) is 2.82. The van der Waals surface area contributed by atoms with Crippen LogP contribution in [0.1, 0.15) is 10.4 Å². The zero-order valence-corrected chi connectivity index (χ0v) is 10.6. The van der Waals surface area contributed by atoms with Crippen molar-refractivity contribution in [3.05, 3.63) is 29.8 Å². The smallest absolute Gasteiger partial charge is 0.335 e. The van der Waals surface area contributed by atoms with Crippen molar-refractivity contribution in [1.82, 2.24) is 4.90 Å². The van der Waals surface area contributed by atoms with Crippen molar-refractivity contribution in [1.29, 1.82) is 0 Å². The SMILES string of the molecule is NCC(=O)N1CCN(c2ccc(C(=O)O)cc2)CC1. The number of benzene rings is 1. The van der Waals surface area contributed by atoms with Crippen LogP contribution in [0.4, 0.5) is 5.69 Å². The van der Waals surface area contributed by atoms with Crippen LogP contribution in [0, 0.1) is 0 Å². The number of carbonyl (C=O) groups is 2.